The highest BCUT2D eigenvalue weighted by molar-refractivity contribution is 9.10. The Balaban J connectivity index is 2.85. The first-order chi connectivity index (χ1) is 10.7. The van der Waals surface area contributed by atoms with E-state index in [2.05, 4.69) is 20.9 Å². The van der Waals surface area contributed by atoms with Gasteiger partial charge in [-0.05, 0) is 33.8 Å². The number of nitrogens with zero attached hydrogens (tertiary/aromatic N) is 1. The van der Waals surface area contributed by atoms with Crippen LogP contribution in [-0.4, -0.2) is 16.7 Å². The minimum Gasteiger partial charge on any atom is -0.495 e. The molecule has 5 nitrogen and oxygen atoms in total. The van der Waals surface area contributed by atoms with Crippen molar-refractivity contribution in [3.8, 4) is 11.4 Å². The third-order valence-corrected chi connectivity index (χ3v) is 4.75. The number of nitrogens with one attached hydrogen (secondary N) is 1. The average Bonchev–Trinajstić information content (AvgIpc) is 2.50. The lowest BCUT2D eigenvalue weighted by atomic mass is 9.81. The van der Waals surface area contributed by atoms with E-state index in [1.807, 2.05) is 20.8 Å². The molecule has 1 aromatic carbocycles. The van der Waals surface area contributed by atoms with Crippen LogP contribution in [0.15, 0.2) is 32.4 Å². The van der Waals surface area contributed by atoms with E-state index in [0.717, 1.165) is 16.6 Å². The number of ether oxygens (including phenoxy) is 1. The van der Waals surface area contributed by atoms with Gasteiger partial charge in [-0.1, -0.05) is 20.8 Å². The fourth-order valence-corrected chi connectivity index (χ4v) is 2.85. The van der Waals surface area contributed by atoms with E-state index in [9.17, 15) is 14.0 Å². The van der Waals surface area contributed by atoms with Gasteiger partial charge in [-0.2, -0.15) is 0 Å². The van der Waals surface area contributed by atoms with Crippen molar-refractivity contribution in [2.45, 2.75) is 32.6 Å². The van der Waals surface area contributed by atoms with E-state index in [0.29, 0.717) is 5.75 Å². The summed E-state index contributed by atoms with van der Waals surface area (Å²) >= 11 is 3.21. The second-order valence-corrected chi connectivity index (χ2v) is 6.62. The Morgan fingerprint density at radius 3 is 2.57 bits per heavy atom. The normalized spacial score (nSPS) is 11.6. The molecule has 1 N–H and O–H groups in total. The Morgan fingerprint density at radius 1 is 1.39 bits per heavy atom. The Morgan fingerprint density at radius 2 is 2.04 bits per heavy atom. The molecule has 23 heavy (non-hydrogen) atoms. The number of halogens is 2. The first kappa shape index (κ1) is 17.5. The van der Waals surface area contributed by atoms with Gasteiger partial charge in [0.15, 0.2) is 5.82 Å². The van der Waals surface area contributed by atoms with Crippen LogP contribution in [0.3, 0.4) is 0 Å². The number of aromatic nitrogens is 2. The largest absolute Gasteiger partial charge is 0.495 e. The van der Waals surface area contributed by atoms with Gasteiger partial charge < -0.3 is 4.74 Å². The van der Waals surface area contributed by atoms with Crippen LogP contribution in [-0.2, 0) is 5.41 Å². The summed E-state index contributed by atoms with van der Waals surface area (Å²) in [7, 11) is 1.47. The van der Waals surface area contributed by atoms with Crippen LogP contribution in [0.1, 0.15) is 32.8 Å². The lowest BCUT2D eigenvalue weighted by Crippen LogP contribution is -2.28. The predicted molar refractivity (Wildman–Crippen MR) is 90.2 cm³/mol. The third kappa shape index (κ3) is 3.10. The van der Waals surface area contributed by atoms with Crippen LogP contribution in [0, 0.1) is 5.82 Å². The molecule has 7 heteroatoms. The van der Waals surface area contributed by atoms with Gasteiger partial charge in [-0.3, -0.25) is 14.3 Å². The number of hydrogen-bond donors (Lipinski definition) is 1. The molecule has 1 heterocycles. The van der Waals surface area contributed by atoms with Crippen molar-refractivity contribution in [3.05, 3.63) is 55.0 Å². The summed E-state index contributed by atoms with van der Waals surface area (Å²) in [6.45, 7) is 6.03. The molecule has 2 aromatic rings. The number of rotatable bonds is 4. The Hall–Kier alpha value is -1.89. The summed E-state index contributed by atoms with van der Waals surface area (Å²) in [4.78, 5) is 25.3. The molecule has 0 aliphatic heterocycles. The van der Waals surface area contributed by atoms with Gasteiger partial charge >= 0.3 is 5.69 Å². The molecule has 1 aromatic heterocycles. The minimum absolute atomic E-state index is 0.0513. The molecule has 0 saturated carbocycles. The SMILES string of the molecule is CCC(C)(C)c1cc(-n2ccc(=O)[nH]c2=O)c(F)c(Br)c1OC. The van der Waals surface area contributed by atoms with Crippen LogP contribution in [0.5, 0.6) is 5.75 Å². The van der Waals surface area contributed by atoms with Crippen molar-refractivity contribution in [2.24, 2.45) is 0 Å². The Labute approximate surface area is 141 Å². The average molecular weight is 385 g/mol. The van der Waals surface area contributed by atoms with Crippen LogP contribution < -0.4 is 16.0 Å². The molecule has 0 unspecified atom stereocenters. The molecule has 2 rings (SSSR count). The second kappa shape index (κ2) is 6.31. The number of benzene rings is 1. The van der Waals surface area contributed by atoms with Crippen LogP contribution >= 0.6 is 15.9 Å². The van der Waals surface area contributed by atoms with E-state index in [1.54, 1.807) is 6.07 Å². The highest BCUT2D eigenvalue weighted by atomic mass is 79.9. The maximum absolute atomic E-state index is 14.7. The summed E-state index contributed by atoms with van der Waals surface area (Å²) < 4.78 is 21.3. The van der Waals surface area contributed by atoms with Crippen LogP contribution in [0.4, 0.5) is 4.39 Å². The quantitative estimate of drug-likeness (QED) is 0.880. The van der Waals surface area contributed by atoms with Crippen LogP contribution in [0.2, 0.25) is 0 Å². The summed E-state index contributed by atoms with van der Waals surface area (Å²) in [5.41, 5.74) is -0.705. The lowest BCUT2D eigenvalue weighted by molar-refractivity contribution is 0.382. The molecule has 0 aliphatic rings. The molecule has 0 aliphatic carbocycles. The van der Waals surface area contributed by atoms with E-state index in [1.165, 1.54) is 19.4 Å². The molecule has 0 spiro atoms. The van der Waals surface area contributed by atoms with Crippen LogP contribution in [0.25, 0.3) is 5.69 Å². The highest BCUT2D eigenvalue weighted by Crippen LogP contribution is 2.42. The number of methoxy groups -OCH3 is 1. The number of hydrogen-bond acceptors (Lipinski definition) is 3. The molecule has 0 saturated heterocycles. The van der Waals surface area contributed by atoms with Crippen molar-refractivity contribution in [1.29, 1.82) is 0 Å². The van der Waals surface area contributed by atoms with Crippen molar-refractivity contribution in [3.63, 3.8) is 0 Å². The molecular weight excluding hydrogens is 367 g/mol. The zero-order valence-electron chi connectivity index (χ0n) is 13.4. The van der Waals surface area contributed by atoms with Gasteiger partial charge in [0.2, 0.25) is 0 Å². The highest BCUT2D eigenvalue weighted by Gasteiger charge is 2.28. The van der Waals surface area contributed by atoms with Gasteiger partial charge in [-0.25, -0.2) is 9.18 Å². The maximum Gasteiger partial charge on any atom is 0.333 e. The van der Waals surface area contributed by atoms with Gasteiger partial charge in [0.1, 0.15) is 5.75 Å². The number of H-pyrrole nitrogens is 1. The maximum atomic E-state index is 14.7. The lowest BCUT2D eigenvalue weighted by Gasteiger charge is -2.27. The summed E-state index contributed by atoms with van der Waals surface area (Å²) in [6.07, 6.45) is 2.04. The zero-order chi connectivity index (χ0) is 17.4. The van der Waals surface area contributed by atoms with Crippen molar-refractivity contribution in [1.82, 2.24) is 9.55 Å². The van der Waals surface area contributed by atoms with E-state index < -0.39 is 17.1 Å². The summed E-state index contributed by atoms with van der Waals surface area (Å²) in [5, 5.41) is 0. The molecular formula is C16H18BrFN2O3. The van der Waals surface area contributed by atoms with Crippen molar-refractivity contribution in [2.75, 3.05) is 7.11 Å². The fraction of sp³-hybridized carbons (Fsp3) is 0.375. The molecule has 0 atom stereocenters. The van der Waals surface area contributed by atoms with E-state index >= 15 is 0 Å². The first-order valence-electron chi connectivity index (χ1n) is 7.11. The van der Waals surface area contributed by atoms with Crippen molar-refractivity contribution < 1.29 is 9.13 Å². The second-order valence-electron chi connectivity index (χ2n) is 5.82. The first-order valence-corrected chi connectivity index (χ1v) is 7.91. The third-order valence-electron chi connectivity index (χ3n) is 4.04. The van der Waals surface area contributed by atoms with E-state index in [-0.39, 0.29) is 15.6 Å². The van der Waals surface area contributed by atoms with Gasteiger partial charge in [0.25, 0.3) is 5.56 Å². The van der Waals surface area contributed by atoms with Gasteiger partial charge in [0.05, 0.1) is 17.3 Å². The topological polar surface area (TPSA) is 64.1 Å². The summed E-state index contributed by atoms with van der Waals surface area (Å²) in [5.74, 6) is -0.234. The van der Waals surface area contributed by atoms with Gasteiger partial charge in [-0.15, -0.1) is 0 Å². The molecule has 0 radical (unpaired) electrons. The molecule has 0 fully saturated rings. The van der Waals surface area contributed by atoms with E-state index in [4.69, 9.17) is 4.74 Å². The fourth-order valence-electron chi connectivity index (χ4n) is 2.27. The predicted octanol–water partition coefficient (Wildman–Crippen LogP) is 3.12. The zero-order valence-corrected chi connectivity index (χ0v) is 15.0. The molecule has 124 valence electrons. The standard InChI is InChI=1S/C16H18BrFN2O3/c1-5-16(2,3)9-8-10(13(18)12(17)14(9)23-4)20-7-6-11(21)19-15(20)22/h6-8H,5H2,1-4H3,(H,19,21,22). The number of aromatic amines is 1. The smallest absolute Gasteiger partial charge is 0.333 e. The molecule has 0 amide bonds. The van der Waals surface area contributed by atoms with Gasteiger partial charge in [0, 0.05) is 17.8 Å². The summed E-state index contributed by atoms with van der Waals surface area (Å²) in [6, 6.07) is 2.76. The Bertz CT molecular complexity index is 855. The minimum atomic E-state index is -0.700. The molecule has 0 bridgehead atoms. The Kier molecular flexibility index (Phi) is 4.79. The van der Waals surface area contributed by atoms with Crippen molar-refractivity contribution >= 4 is 15.9 Å². The monoisotopic (exact) mass is 384 g/mol.